The number of amides is 1. The van der Waals surface area contributed by atoms with Gasteiger partial charge in [-0.1, -0.05) is 17.7 Å². The second-order valence-electron chi connectivity index (χ2n) is 6.04. The number of hydrogen-bond acceptors (Lipinski definition) is 3. The molecule has 0 fully saturated rings. The summed E-state index contributed by atoms with van der Waals surface area (Å²) in [5.41, 5.74) is 2.07. The molecule has 0 aliphatic carbocycles. The fourth-order valence-corrected chi connectivity index (χ4v) is 3.50. The molecule has 2 aromatic heterocycles. The minimum absolute atomic E-state index is 0.0293. The van der Waals surface area contributed by atoms with E-state index in [4.69, 9.17) is 11.6 Å². The van der Waals surface area contributed by atoms with Gasteiger partial charge in [0.25, 0.3) is 5.91 Å². The van der Waals surface area contributed by atoms with E-state index in [2.05, 4.69) is 4.98 Å². The van der Waals surface area contributed by atoms with Crippen molar-refractivity contribution in [3.63, 3.8) is 0 Å². The van der Waals surface area contributed by atoms with Crippen LogP contribution < -0.4 is 0 Å². The topological polar surface area (TPSA) is 58.4 Å². The fourth-order valence-electron chi connectivity index (χ4n) is 3.38. The molecule has 4 rings (SSSR count). The first kappa shape index (κ1) is 16.9. The number of β-amino-alcohol motifs (C(OH)–C–C–N with tert-alkyl or cyclic N) is 1. The van der Waals surface area contributed by atoms with Crippen LogP contribution in [0.4, 0.5) is 8.78 Å². The number of carbonyl (C=O) groups excluding carboxylic acids is 1. The number of aliphatic hydroxyl groups excluding tert-OH is 1. The van der Waals surface area contributed by atoms with Gasteiger partial charge >= 0.3 is 0 Å². The van der Waals surface area contributed by atoms with Crippen LogP contribution in [-0.4, -0.2) is 45.2 Å². The Hall–Kier alpha value is -2.51. The second-order valence-corrected chi connectivity index (χ2v) is 6.45. The quantitative estimate of drug-likeness (QED) is 0.763. The van der Waals surface area contributed by atoms with E-state index in [-0.39, 0.29) is 24.1 Å². The molecule has 5 nitrogen and oxygen atoms in total. The summed E-state index contributed by atoms with van der Waals surface area (Å²) < 4.78 is 29.5. The second kappa shape index (κ2) is 6.34. The van der Waals surface area contributed by atoms with E-state index in [1.54, 1.807) is 10.6 Å². The molecule has 0 atom stereocenters. The summed E-state index contributed by atoms with van der Waals surface area (Å²) in [6, 6.07) is 5.56. The lowest BCUT2D eigenvalue weighted by Gasteiger charge is -2.28. The van der Waals surface area contributed by atoms with E-state index in [0.717, 1.165) is 6.20 Å². The van der Waals surface area contributed by atoms with Crippen molar-refractivity contribution < 1.29 is 18.7 Å². The zero-order valence-electron chi connectivity index (χ0n) is 13.5. The van der Waals surface area contributed by atoms with Gasteiger partial charge in [0, 0.05) is 31.3 Å². The average molecular weight is 378 g/mol. The van der Waals surface area contributed by atoms with Crippen LogP contribution in [0.1, 0.15) is 10.5 Å². The highest BCUT2D eigenvalue weighted by Gasteiger charge is 2.32. The molecule has 1 aromatic carbocycles. The molecule has 0 radical (unpaired) electrons. The van der Waals surface area contributed by atoms with Crippen molar-refractivity contribution in [3.8, 4) is 11.1 Å². The molecular formula is C18H14ClF2N3O2. The molecule has 0 unspecified atom stereocenters. The van der Waals surface area contributed by atoms with Gasteiger partial charge in [0.15, 0.2) is 0 Å². The molecule has 26 heavy (non-hydrogen) atoms. The monoisotopic (exact) mass is 377 g/mol. The number of pyridine rings is 1. The van der Waals surface area contributed by atoms with Gasteiger partial charge in [-0.05, 0) is 17.7 Å². The Balaban J connectivity index is 2.02. The number of halogens is 3. The van der Waals surface area contributed by atoms with Crippen molar-refractivity contribution in [2.75, 3.05) is 19.7 Å². The lowest BCUT2D eigenvalue weighted by molar-refractivity contribution is 0.0672. The molecule has 0 bridgehead atoms. The van der Waals surface area contributed by atoms with E-state index < -0.39 is 11.6 Å². The molecule has 1 aliphatic rings. The van der Waals surface area contributed by atoms with Crippen LogP contribution in [0.15, 0.2) is 30.5 Å². The smallest absolute Gasteiger partial charge is 0.271 e. The summed E-state index contributed by atoms with van der Waals surface area (Å²) >= 11 is 5.77. The Morgan fingerprint density at radius 2 is 2.04 bits per heavy atom. The van der Waals surface area contributed by atoms with E-state index in [1.807, 2.05) is 0 Å². The zero-order valence-corrected chi connectivity index (χ0v) is 14.3. The summed E-state index contributed by atoms with van der Waals surface area (Å²) in [5, 5.41) is 9.16. The molecule has 3 heterocycles. The summed E-state index contributed by atoms with van der Waals surface area (Å²) in [6.45, 7) is 0.847. The van der Waals surface area contributed by atoms with Gasteiger partial charge in [-0.2, -0.15) is 0 Å². The Morgan fingerprint density at radius 1 is 1.23 bits per heavy atom. The third-order valence-corrected chi connectivity index (χ3v) is 4.84. The minimum Gasteiger partial charge on any atom is -0.395 e. The van der Waals surface area contributed by atoms with Crippen molar-refractivity contribution >= 4 is 28.5 Å². The zero-order chi connectivity index (χ0) is 18.4. The number of hydrogen-bond donors (Lipinski definition) is 1. The molecule has 134 valence electrons. The number of nitrogens with zero attached hydrogens (tertiary/aromatic N) is 3. The van der Waals surface area contributed by atoms with Gasteiger partial charge in [0.05, 0.1) is 28.9 Å². The van der Waals surface area contributed by atoms with Gasteiger partial charge in [-0.15, -0.1) is 0 Å². The SMILES string of the molecule is O=C1c2c(-c3ccc(Cl)c(F)c3)c3ncc(F)cc3n2CCN1CCO. The number of benzene rings is 1. The molecule has 1 aliphatic heterocycles. The first-order chi connectivity index (χ1) is 12.5. The van der Waals surface area contributed by atoms with Crippen molar-refractivity contribution in [1.82, 2.24) is 14.5 Å². The number of aromatic nitrogens is 2. The van der Waals surface area contributed by atoms with Gasteiger partial charge in [0.1, 0.15) is 17.3 Å². The highest BCUT2D eigenvalue weighted by molar-refractivity contribution is 6.30. The Kier molecular flexibility index (Phi) is 4.13. The molecule has 1 amide bonds. The van der Waals surface area contributed by atoms with Gasteiger partial charge in [0.2, 0.25) is 0 Å². The summed E-state index contributed by atoms with van der Waals surface area (Å²) in [6.07, 6.45) is 1.07. The van der Waals surface area contributed by atoms with Crippen LogP contribution in [0, 0.1) is 11.6 Å². The van der Waals surface area contributed by atoms with Crippen LogP contribution in [0.25, 0.3) is 22.2 Å². The molecular weight excluding hydrogens is 364 g/mol. The average Bonchev–Trinajstić information content (AvgIpc) is 2.94. The molecule has 0 saturated heterocycles. The lowest BCUT2D eigenvalue weighted by atomic mass is 10.0. The third kappa shape index (κ3) is 2.55. The van der Waals surface area contributed by atoms with Crippen molar-refractivity contribution in [1.29, 1.82) is 0 Å². The maximum absolute atomic E-state index is 14.0. The first-order valence-corrected chi connectivity index (χ1v) is 8.42. The van der Waals surface area contributed by atoms with Crippen LogP contribution in [0.2, 0.25) is 5.02 Å². The number of carbonyl (C=O) groups is 1. The number of aliphatic hydroxyl groups is 1. The number of fused-ring (bicyclic) bond motifs is 3. The van der Waals surface area contributed by atoms with Crippen molar-refractivity contribution in [3.05, 3.63) is 52.8 Å². The van der Waals surface area contributed by atoms with Crippen LogP contribution in [0.3, 0.4) is 0 Å². The number of rotatable bonds is 3. The van der Waals surface area contributed by atoms with Gasteiger partial charge in [-0.3, -0.25) is 9.78 Å². The van der Waals surface area contributed by atoms with E-state index in [9.17, 15) is 18.7 Å². The Labute approximate surface area is 152 Å². The normalized spacial score (nSPS) is 14.2. The Bertz CT molecular complexity index is 1030. The Morgan fingerprint density at radius 3 is 2.77 bits per heavy atom. The third-order valence-electron chi connectivity index (χ3n) is 4.53. The lowest BCUT2D eigenvalue weighted by Crippen LogP contribution is -2.41. The van der Waals surface area contributed by atoms with Gasteiger partial charge in [-0.25, -0.2) is 8.78 Å². The maximum Gasteiger partial charge on any atom is 0.271 e. The standard InChI is InChI=1S/C18H14ClF2N3O2/c19-12-2-1-10(7-13(12)21)15-16-14(8-11(20)9-22-16)24-4-3-23(5-6-25)18(26)17(15)24/h1-2,7-9,25H,3-6H2. The molecule has 0 spiro atoms. The molecule has 0 saturated carbocycles. The van der Waals surface area contributed by atoms with E-state index >= 15 is 0 Å². The molecule has 3 aromatic rings. The fraction of sp³-hybridized carbons (Fsp3) is 0.222. The van der Waals surface area contributed by atoms with Crippen LogP contribution in [-0.2, 0) is 6.54 Å². The largest absolute Gasteiger partial charge is 0.395 e. The van der Waals surface area contributed by atoms with Crippen LogP contribution >= 0.6 is 11.6 Å². The predicted molar refractivity (Wildman–Crippen MR) is 93.1 cm³/mol. The summed E-state index contributed by atoms with van der Waals surface area (Å²) in [7, 11) is 0. The highest BCUT2D eigenvalue weighted by Crippen LogP contribution is 2.37. The minimum atomic E-state index is -0.616. The van der Waals surface area contributed by atoms with Crippen LogP contribution in [0.5, 0.6) is 0 Å². The molecule has 1 N–H and O–H groups in total. The summed E-state index contributed by atoms with van der Waals surface area (Å²) in [4.78, 5) is 18.6. The van der Waals surface area contributed by atoms with E-state index in [1.165, 1.54) is 23.1 Å². The first-order valence-electron chi connectivity index (χ1n) is 8.04. The van der Waals surface area contributed by atoms with E-state index in [0.29, 0.717) is 40.9 Å². The van der Waals surface area contributed by atoms with Crippen molar-refractivity contribution in [2.24, 2.45) is 0 Å². The predicted octanol–water partition coefficient (Wildman–Crippen LogP) is 3.08. The van der Waals surface area contributed by atoms with Crippen molar-refractivity contribution in [2.45, 2.75) is 6.54 Å². The summed E-state index contributed by atoms with van der Waals surface area (Å²) in [5.74, 6) is -1.44. The highest BCUT2D eigenvalue weighted by atomic mass is 35.5. The maximum atomic E-state index is 14.0. The molecule has 8 heteroatoms. The van der Waals surface area contributed by atoms with Gasteiger partial charge < -0.3 is 14.6 Å².